The molecule has 26 heavy (non-hydrogen) atoms. The van der Waals surface area contributed by atoms with Crippen LogP contribution < -0.4 is 0 Å². The Morgan fingerprint density at radius 3 is 2.81 bits per heavy atom. The molecule has 0 saturated carbocycles. The van der Waals surface area contributed by atoms with Gasteiger partial charge in [-0.1, -0.05) is 11.6 Å². The fraction of sp³-hybridized carbons (Fsp3) is 0.400. The van der Waals surface area contributed by atoms with Crippen LogP contribution in [0.15, 0.2) is 10.5 Å². The number of hydrogen-bond acceptors (Lipinski definition) is 3. The van der Waals surface area contributed by atoms with Crippen molar-refractivity contribution >= 4 is 50.3 Å². The average molecular weight is 455 g/mol. The Morgan fingerprint density at radius 1 is 1.50 bits per heavy atom. The molecular formula is C15H12BrClF3N3O3. The van der Waals surface area contributed by atoms with Crippen LogP contribution in [0.5, 0.6) is 0 Å². The quantitative estimate of drug-likeness (QED) is 0.743. The fourth-order valence-electron chi connectivity index (χ4n) is 3.20. The Labute approximate surface area is 158 Å². The molecule has 1 atom stereocenters. The van der Waals surface area contributed by atoms with Gasteiger partial charge in [-0.15, -0.1) is 0 Å². The molecule has 0 aliphatic carbocycles. The number of benzene rings is 1. The molecule has 140 valence electrons. The molecule has 2 heterocycles. The molecule has 1 amide bonds. The van der Waals surface area contributed by atoms with E-state index in [1.807, 2.05) is 0 Å². The number of carboxylic acid groups (broad SMARTS) is 1. The molecule has 1 aliphatic rings. The average Bonchev–Trinajstić information content (AvgIpc) is 2.84. The number of fused-ring (bicyclic) bond motifs is 3. The third kappa shape index (κ3) is 3.66. The molecule has 6 nitrogen and oxygen atoms in total. The maximum Gasteiger partial charge on any atom is 0.406 e. The molecule has 0 radical (unpaired) electrons. The van der Waals surface area contributed by atoms with E-state index in [-0.39, 0.29) is 18.1 Å². The van der Waals surface area contributed by atoms with Crippen LogP contribution in [0.25, 0.3) is 10.9 Å². The summed E-state index contributed by atoms with van der Waals surface area (Å²) in [7, 11) is 0. The smallest absolute Gasteiger partial charge is 0.406 e. The summed E-state index contributed by atoms with van der Waals surface area (Å²) in [4.78, 5) is 24.3. The van der Waals surface area contributed by atoms with Gasteiger partial charge in [0.2, 0.25) is 5.91 Å². The second kappa shape index (κ2) is 6.73. The molecule has 1 aromatic heterocycles. The van der Waals surface area contributed by atoms with Crippen LogP contribution in [0.4, 0.5) is 13.2 Å². The number of alkyl halides is 3. The van der Waals surface area contributed by atoms with Gasteiger partial charge in [-0.3, -0.25) is 14.7 Å². The molecule has 0 fully saturated rings. The molecule has 3 rings (SSSR count). The third-order valence-corrected chi connectivity index (χ3v) is 5.12. The predicted molar refractivity (Wildman–Crippen MR) is 89.7 cm³/mol. The van der Waals surface area contributed by atoms with Crippen LogP contribution in [-0.4, -0.2) is 44.8 Å². The van der Waals surface area contributed by atoms with Gasteiger partial charge in [0, 0.05) is 16.4 Å². The first-order valence-electron chi connectivity index (χ1n) is 7.48. The van der Waals surface area contributed by atoms with Crippen LogP contribution in [0.1, 0.15) is 17.5 Å². The van der Waals surface area contributed by atoms with E-state index in [4.69, 9.17) is 16.7 Å². The lowest BCUT2D eigenvalue weighted by molar-refractivity contribution is -0.165. The monoisotopic (exact) mass is 453 g/mol. The highest BCUT2D eigenvalue weighted by Crippen LogP contribution is 2.37. The molecule has 0 bridgehead atoms. The number of H-pyrrole nitrogens is 1. The van der Waals surface area contributed by atoms with Crippen molar-refractivity contribution in [3.05, 3.63) is 26.8 Å². The second-order valence-electron chi connectivity index (χ2n) is 6.07. The first-order valence-corrected chi connectivity index (χ1v) is 8.65. The minimum atomic E-state index is -4.61. The van der Waals surface area contributed by atoms with Gasteiger partial charge in [0.15, 0.2) is 5.15 Å². The van der Waals surface area contributed by atoms with E-state index in [2.05, 4.69) is 26.1 Å². The predicted octanol–water partition coefficient (Wildman–Crippen LogP) is 3.52. The highest BCUT2D eigenvalue weighted by molar-refractivity contribution is 9.10. The van der Waals surface area contributed by atoms with Gasteiger partial charge in [-0.2, -0.15) is 18.3 Å². The Balaban J connectivity index is 2.16. The van der Waals surface area contributed by atoms with Crippen LogP contribution in [0.2, 0.25) is 5.15 Å². The fourth-order valence-corrected chi connectivity index (χ4v) is 4.02. The lowest BCUT2D eigenvalue weighted by Crippen LogP contribution is -2.41. The van der Waals surface area contributed by atoms with E-state index < -0.39 is 36.9 Å². The number of hydrogen-bond donors (Lipinski definition) is 2. The number of aliphatic carboxylic acids is 1. The maximum atomic E-state index is 12.9. The summed E-state index contributed by atoms with van der Waals surface area (Å²) in [6.45, 7) is -1.79. The lowest BCUT2D eigenvalue weighted by atomic mass is 9.93. The van der Waals surface area contributed by atoms with Crippen molar-refractivity contribution in [2.24, 2.45) is 5.92 Å². The minimum Gasteiger partial charge on any atom is -0.481 e. The van der Waals surface area contributed by atoms with E-state index in [0.717, 1.165) is 0 Å². The van der Waals surface area contributed by atoms with Crippen LogP contribution in [0, 0.1) is 5.92 Å². The van der Waals surface area contributed by atoms with E-state index in [1.54, 1.807) is 6.07 Å². The minimum absolute atomic E-state index is 0.00483. The normalized spacial score (nSPS) is 18.1. The molecule has 1 aromatic carbocycles. The number of rotatable bonds is 3. The van der Waals surface area contributed by atoms with E-state index in [1.165, 1.54) is 0 Å². The number of aromatic nitrogens is 2. The van der Waals surface area contributed by atoms with Gasteiger partial charge < -0.3 is 10.0 Å². The number of halogens is 5. The molecule has 0 saturated heterocycles. The van der Waals surface area contributed by atoms with Crippen molar-refractivity contribution in [1.29, 1.82) is 0 Å². The summed E-state index contributed by atoms with van der Waals surface area (Å²) in [6, 6.07) is 1.66. The molecular weight excluding hydrogens is 443 g/mol. The van der Waals surface area contributed by atoms with Crippen molar-refractivity contribution in [3.63, 3.8) is 0 Å². The Hall–Kier alpha value is -1.81. The summed E-state index contributed by atoms with van der Waals surface area (Å²) < 4.78 is 39.4. The zero-order valence-electron chi connectivity index (χ0n) is 13.0. The van der Waals surface area contributed by atoms with Gasteiger partial charge in [0.05, 0.1) is 17.9 Å². The second-order valence-corrected chi connectivity index (χ2v) is 7.28. The van der Waals surface area contributed by atoms with Crippen LogP contribution in [-0.2, 0) is 22.6 Å². The number of carbonyl (C=O) groups is 2. The van der Waals surface area contributed by atoms with Crippen molar-refractivity contribution in [2.75, 3.05) is 6.54 Å². The van der Waals surface area contributed by atoms with Gasteiger partial charge in [-0.05, 0) is 39.5 Å². The maximum absolute atomic E-state index is 12.9. The van der Waals surface area contributed by atoms with Crippen molar-refractivity contribution < 1.29 is 27.9 Å². The first-order chi connectivity index (χ1) is 12.1. The Morgan fingerprint density at radius 2 is 2.19 bits per heavy atom. The number of aromatic amines is 1. The zero-order chi connectivity index (χ0) is 19.2. The molecule has 11 heteroatoms. The Kier molecular flexibility index (Phi) is 4.91. The van der Waals surface area contributed by atoms with Gasteiger partial charge >= 0.3 is 12.1 Å². The van der Waals surface area contributed by atoms with Gasteiger partial charge in [0.25, 0.3) is 0 Å². The van der Waals surface area contributed by atoms with Crippen molar-refractivity contribution in [1.82, 2.24) is 15.1 Å². The van der Waals surface area contributed by atoms with E-state index >= 15 is 0 Å². The van der Waals surface area contributed by atoms with Crippen molar-refractivity contribution in [3.8, 4) is 0 Å². The van der Waals surface area contributed by atoms with Gasteiger partial charge in [-0.25, -0.2) is 0 Å². The highest BCUT2D eigenvalue weighted by atomic mass is 79.9. The first kappa shape index (κ1) is 19.0. The molecule has 0 spiro atoms. The number of amides is 1. The standard InChI is InChI=1S/C15H12BrClF3N3O3/c16-9-2-6-1-7(3-10(24)25)14(26)23(5-15(18,19)20)4-8(6)11-12(9)21-22-13(11)17/h2,7H,1,3-5H2,(H,21,22)(H,24,25)/t7-/m0/s1. The molecule has 2 N–H and O–H groups in total. The molecule has 2 aromatic rings. The largest absolute Gasteiger partial charge is 0.481 e. The SMILES string of the molecule is O=C(O)C[C@@H]1Cc2cc(Br)c3[nH]nc(Cl)c3c2CN(CC(F)(F)F)C1=O. The topological polar surface area (TPSA) is 86.3 Å². The van der Waals surface area contributed by atoms with Gasteiger partial charge in [0.1, 0.15) is 6.54 Å². The number of carbonyl (C=O) groups excluding carboxylic acids is 1. The van der Waals surface area contributed by atoms with Crippen molar-refractivity contribution in [2.45, 2.75) is 25.6 Å². The number of nitrogens with one attached hydrogen (secondary N) is 1. The lowest BCUT2D eigenvalue weighted by Gasteiger charge is -2.25. The van der Waals surface area contributed by atoms with Crippen LogP contribution in [0.3, 0.4) is 0 Å². The third-order valence-electron chi connectivity index (χ3n) is 4.22. The number of nitrogens with zero attached hydrogens (tertiary/aromatic N) is 2. The summed E-state index contributed by atoms with van der Waals surface area (Å²) >= 11 is 9.43. The molecule has 1 aliphatic heterocycles. The Bertz CT molecular complexity index is 900. The summed E-state index contributed by atoms with van der Waals surface area (Å²) in [5.41, 5.74) is 1.51. The number of carboxylic acids is 1. The summed E-state index contributed by atoms with van der Waals surface area (Å²) in [6.07, 6.45) is -5.16. The molecule has 0 unspecified atom stereocenters. The van der Waals surface area contributed by atoms with E-state index in [9.17, 15) is 22.8 Å². The van der Waals surface area contributed by atoms with Crippen LogP contribution >= 0.6 is 27.5 Å². The zero-order valence-corrected chi connectivity index (χ0v) is 15.4. The van der Waals surface area contributed by atoms with E-state index in [0.29, 0.717) is 31.4 Å². The summed E-state index contributed by atoms with van der Waals surface area (Å²) in [5.74, 6) is -3.18. The highest BCUT2D eigenvalue weighted by Gasteiger charge is 2.39. The summed E-state index contributed by atoms with van der Waals surface area (Å²) in [5, 5.41) is 16.1.